The summed E-state index contributed by atoms with van der Waals surface area (Å²) in [5.74, 6) is -1.86. The number of carbonyl (C=O) groups excluding carboxylic acids is 1. The highest BCUT2D eigenvalue weighted by Crippen LogP contribution is 2.48. The molecule has 0 fully saturated rings. The summed E-state index contributed by atoms with van der Waals surface area (Å²) in [5, 5.41) is 4.25. The number of hydrogen-bond acceptors (Lipinski definition) is 2. The van der Waals surface area contributed by atoms with Crippen LogP contribution in [0.4, 0.5) is 18.9 Å². The van der Waals surface area contributed by atoms with Crippen LogP contribution < -0.4 is 5.32 Å². The highest BCUT2D eigenvalue weighted by Gasteiger charge is 2.51. The van der Waals surface area contributed by atoms with Crippen LogP contribution in [0.15, 0.2) is 67.0 Å². The summed E-state index contributed by atoms with van der Waals surface area (Å²) < 4.78 is 42.3. The molecule has 0 saturated carbocycles. The van der Waals surface area contributed by atoms with Crippen molar-refractivity contribution in [2.24, 2.45) is 0 Å². The van der Waals surface area contributed by atoms with Gasteiger partial charge in [-0.15, -0.1) is 0 Å². The third kappa shape index (κ3) is 2.34. The van der Waals surface area contributed by atoms with Gasteiger partial charge in [-0.05, 0) is 54.6 Å². The summed E-state index contributed by atoms with van der Waals surface area (Å²) in [6.07, 6.45) is 3.27. The number of ketones is 1. The maximum atomic E-state index is 14.1. The molecular weight excluding hydrogens is 403 g/mol. The number of anilines is 1. The van der Waals surface area contributed by atoms with Gasteiger partial charge in [-0.1, -0.05) is 0 Å². The van der Waals surface area contributed by atoms with E-state index in [1.165, 1.54) is 42.5 Å². The van der Waals surface area contributed by atoms with E-state index >= 15 is 0 Å². The quantitative estimate of drug-likeness (QED) is 0.349. The Morgan fingerprint density at radius 1 is 0.677 bits per heavy atom. The van der Waals surface area contributed by atoms with Crippen molar-refractivity contribution in [2.75, 3.05) is 5.32 Å². The Morgan fingerprint density at radius 2 is 1.19 bits per heavy atom. The Labute approximate surface area is 173 Å². The fraction of sp³-hybridized carbons (Fsp3) is 0.0417. The molecule has 5 aromatic rings. The molecule has 0 bridgehead atoms. The minimum absolute atomic E-state index is 0.177. The van der Waals surface area contributed by atoms with Crippen LogP contribution in [0.5, 0.6) is 0 Å². The number of fused-ring (bicyclic) bond motifs is 3. The normalized spacial score (nSPS) is 14.9. The van der Waals surface area contributed by atoms with Crippen molar-refractivity contribution < 1.29 is 18.0 Å². The van der Waals surface area contributed by atoms with Crippen molar-refractivity contribution >= 4 is 33.3 Å². The van der Waals surface area contributed by atoms with E-state index in [0.717, 1.165) is 0 Å². The molecule has 0 aliphatic carbocycles. The highest BCUT2D eigenvalue weighted by atomic mass is 19.1. The maximum Gasteiger partial charge on any atom is 0.199 e. The van der Waals surface area contributed by atoms with Crippen molar-refractivity contribution in [1.29, 1.82) is 0 Å². The van der Waals surface area contributed by atoms with Crippen molar-refractivity contribution in [3.05, 3.63) is 101 Å². The summed E-state index contributed by atoms with van der Waals surface area (Å²) in [5.41, 5.74) is 1.33. The number of benzene rings is 3. The molecule has 3 N–H and O–H groups in total. The Balaban J connectivity index is 1.72. The van der Waals surface area contributed by atoms with E-state index < -0.39 is 28.8 Å². The fourth-order valence-electron chi connectivity index (χ4n) is 4.60. The van der Waals surface area contributed by atoms with Crippen LogP contribution in [0.2, 0.25) is 0 Å². The Kier molecular flexibility index (Phi) is 3.46. The Morgan fingerprint density at radius 3 is 1.77 bits per heavy atom. The average molecular weight is 417 g/mol. The molecule has 4 nitrogen and oxygen atoms in total. The van der Waals surface area contributed by atoms with E-state index in [1.54, 1.807) is 24.5 Å². The number of H-pyrrole nitrogens is 2. The molecule has 0 saturated heterocycles. The third-order valence-corrected chi connectivity index (χ3v) is 5.98. The minimum atomic E-state index is -1.51. The van der Waals surface area contributed by atoms with E-state index in [-0.39, 0.29) is 5.56 Å². The lowest BCUT2D eigenvalue weighted by atomic mass is 9.79. The number of nitrogens with one attached hydrogen (secondary N) is 3. The van der Waals surface area contributed by atoms with Gasteiger partial charge in [0.1, 0.15) is 17.5 Å². The summed E-state index contributed by atoms with van der Waals surface area (Å²) in [7, 11) is 0. The smallest absolute Gasteiger partial charge is 0.199 e. The van der Waals surface area contributed by atoms with Gasteiger partial charge >= 0.3 is 0 Å². The van der Waals surface area contributed by atoms with Gasteiger partial charge in [-0.2, -0.15) is 0 Å². The van der Waals surface area contributed by atoms with Gasteiger partial charge in [0.05, 0.1) is 0 Å². The van der Waals surface area contributed by atoms with Crippen molar-refractivity contribution in [1.82, 2.24) is 9.97 Å². The molecule has 0 amide bonds. The van der Waals surface area contributed by atoms with Crippen molar-refractivity contribution in [2.45, 2.75) is 5.54 Å². The molecule has 7 heteroatoms. The van der Waals surface area contributed by atoms with Crippen LogP contribution in [0, 0.1) is 17.5 Å². The maximum absolute atomic E-state index is 14.1. The zero-order chi connectivity index (χ0) is 21.3. The van der Waals surface area contributed by atoms with Gasteiger partial charge in [0.15, 0.2) is 11.3 Å². The van der Waals surface area contributed by atoms with Crippen molar-refractivity contribution in [3.63, 3.8) is 0 Å². The molecular formula is C24H14F3N3O. The van der Waals surface area contributed by atoms with Crippen LogP contribution in [0.25, 0.3) is 21.8 Å². The Hall–Kier alpha value is -4.00. The van der Waals surface area contributed by atoms with Gasteiger partial charge in [0.2, 0.25) is 0 Å². The van der Waals surface area contributed by atoms with E-state index in [1.807, 2.05) is 0 Å². The molecule has 3 heterocycles. The SMILES string of the molecule is O=C1c2cc(F)ccc2NC1(c1c[nH]c2ccc(F)cc12)c1c[nH]c2ccc(F)cc12. The molecule has 0 unspecified atom stereocenters. The molecule has 0 radical (unpaired) electrons. The molecule has 152 valence electrons. The van der Waals surface area contributed by atoms with Crippen LogP contribution in [0.3, 0.4) is 0 Å². The van der Waals surface area contributed by atoms with Crippen LogP contribution >= 0.6 is 0 Å². The average Bonchev–Trinajstić information content (AvgIpc) is 3.43. The van der Waals surface area contributed by atoms with Gasteiger partial charge in [-0.3, -0.25) is 4.79 Å². The van der Waals surface area contributed by atoms with Crippen molar-refractivity contribution in [3.8, 4) is 0 Å². The summed E-state index contributed by atoms with van der Waals surface area (Å²) >= 11 is 0. The molecule has 3 aromatic carbocycles. The highest BCUT2D eigenvalue weighted by molar-refractivity contribution is 6.18. The largest absolute Gasteiger partial charge is 0.365 e. The first kappa shape index (κ1) is 17.8. The number of hydrogen-bond donors (Lipinski definition) is 3. The van der Waals surface area contributed by atoms with Gasteiger partial charge in [0, 0.05) is 56.6 Å². The second-order valence-corrected chi connectivity index (χ2v) is 7.68. The zero-order valence-electron chi connectivity index (χ0n) is 15.9. The lowest BCUT2D eigenvalue weighted by Gasteiger charge is -2.28. The number of rotatable bonds is 2. The zero-order valence-corrected chi connectivity index (χ0v) is 15.9. The summed E-state index contributed by atoms with van der Waals surface area (Å²) in [6.45, 7) is 0. The van der Waals surface area contributed by atoms with Gasteiger partial charge in [-0.25, -0.2) is 13.2 Å². The standard InChI is InChI=1S/C24H14F3N3O/c25-12-1-4-20-15(7-12)18(10-28-20)24(19-11-29-21-5-2-13(26)8-16(19)21)23(31)17-9-14(27)3-6-22(17)30-24/h1-11,28-30H. The van der Waals surface area contributed by atoms with E-state index in [9.17, 15) is 18.0 Å². The molecule has 0 atom stereocenters. The third-order valence-electron chi connectivity index (χ3n) is 5.98. The first-order valence-electron chi connectivity index (χ1n) is 9.64. The van der Waals surface area contributed by atoms with Gasteiger partial charge < -0.3 is 15.3 Å². The Bertz CT molecular complexity index is 1450. The lowest BCUT2D eigenvalue weighted by molar-refractivity contribution is 0.0942. The van der Waals surface area contributed by atoms with Crippen LogP contribution in [-0.2, 0) is 5.54 Å². The van der Waals surface area contributed by atoms with E-state index in [2.05, 4.69) is 15.3 Å². The second-order valence-electron chi connectivity index (χ2n) is 7.68. The second kappa shape index (κ2) is 6.01. The predicted octanol–water partition coefficient (Wildman–Crippen LogP) is 5.62. The summed E-state index contributed by atoms with van der Waals surface area (Å²) in [6, 6.07) is 12.4. The van der Waals surface area contributed by atoms with E-state index in [4.69, 9.17) is 0 Å². The number of aromatic nitrogens is 2. The van der Waals surface area contributed by atoms with Crippen LogP contribution in [-0.4, -0.2) is 15.8 Å². The molecule has 1 aliphatic heterocycles. The number of carbonyl (C=O) groups is 1. The van der Waals surface area contributed by atoms with Crippen LogP contribution in [0.1, 0.15) is 21.5 Å². The lowest BCUT2D eigenvalue weighted by Crippen LogP contribution is -2.39. The van der Waals surface area contributed by atoms with Gasteiger partial charge in [0.25, 0.3) is 0 Å². The molecule has 6 rings (SSSR count). The fourth-order valence-corrected chi connectivity index (χ4v) is 4.60. The molecule has 31 heavy (non-hydrogen) atoms. The first-order valence-corrected chi connectivity index (χ1v) is 9.64. The number of halogens is 3. The minimum Gasteiger partial charge on any atom is -0.365 e. The topological polar surface area (TPSA) is 60.7 Å². The monoisotopic (exact) mass is 417 g/mol. The first-order chi connectivity index (χ1) is 15.0. The summed E-state index contributed by atoms with van der Waals surface area (Å²) in [4.78, 5) is 20.0. The predicted molar refractivity (Wildman–Crippen MR) is 112 cm³/mol. The molecule has 1 aliphatic rings. The number of Topliss-reactive ketones (excluding diaryl/α,β-unsaturated/α-hetero) is 1. The molecule has 2 aromatic heterocycles. The molecule has 0 spiro atoms. The van der Waals surface area contributed by atoms with E-state index in [0.29, 0.717) is 38.6 Å². The number of aromatic amines is 2.